The third kappa shape index (κ3) is 3.92. The zero-order valence-electron chi connectivity index (χ0n) is 16.2. The molecule has 1 aromatic heterocycles. The van der Waals surface area contributed by atoms with Crippen molar-refractivity contribution >= 4 is 11.8 Å². The van der Waals surface area contributed by atoms with Crippen molar-refractivity contribution in [1.29, 1.82) is 0 Å². The molecular formula is C20H24FN3O5. The summed E-state index contributed by atoms with van der Waals surface area (Å²) in [5.41, 5.74) is 0.479. The lowest BCUT2D eigenvalue weighted by Gasteiger charge is -2.32. The quantitative estimate of drug-likeness (QED) is 0.674. The fraction of sp³-hybridized carbons (Fsp3) is 0.500. The Morgan fingerprint density at radius 2 is 2.24 bits per heavy atom. The van der Waals surface area contributed by atoms with Gasteiger partial charge in [0, 0.05) is 12.1 Å². The molecule has 2 saturated heterocycles. The predicted molar refractivity (Wildman–Crippen MR) is 103 cm³/mol. The average Bonchev–Trinajstić information content (AvgIpc) is 3.32. The van der Waals surface area contributed by atoms with Gasteiger partial charge in [-0.15, -0.1) is 0 Å². The highest BCUT2D eigenvalue weighted by Crippen LogP contribution is 2.40. The van der Waals surface area contributed by atoms with E-state index in [0.29, 0.717) is 12.1 Å². The van der Waals surface area contributed by atoms with Gasteiger partial charge in [-0.3, -0.25) is 0 Å². The van der Waals surface area contributed by atoms with Crippen molar-refractivity contribution in [3.05, 3.63) is 29.6 Å². The van der Waals surface area contributed by atoms with Crippen LogP contribution in [0.5, 0.6) is 5.75 Å². The van der Waals surface area contributed by atoms with Crippen LogP contribution in [0.25, 0.3) is 11.3 Å². The summed E-state index contributed by atoms with van der Waals surface area (Å²) < 4.78 is 29.9. The summed E-state index contributed by atoms with van der Waals surface area (Å²) in [6.45, 7) is 3.17. The van der Waals surface area contributed by atoms with Gasteiger partial charge in [0.25, 0.3) is 0 Å². The van der Waals surface area contributed by atoms with Crippen LogP contribution in [0.4, 0.5) is 10.2 Å². The fourth-order valence-electron chi connectivity index (χ4n) is 4.15. The molecule has 0 saturated carbocycles. The fourth-order valence-corrected chi connectivity index (χ4v) is 4.15. The van der Waals surface area contributed by atoms with Crippen LogP contribution in [0.2, 0.25) is 0 Å². The molecule has 0 bridgehead atoms. The second-order valence-electron chi connectivity index (χ2n) is 7.66. The molecule has 2 aliphatic rings. The topological polar surface area (TPSA) is 106 Å². The molecule has 3 heterocycles. The van der Waals surface area contributed by atoms with Crippen molar-refractivity contribution in [3.8, 4) is 17.1 Å². The number of rotatable bonds is 6. The largest absolute Gasteiger partial charge is 0.494 e. The van der Waals surface area contributed by atoms with E-state index < -0.39 is 11.8 Å². The summed E-state index contributed by atoms with van der Waals surface area (Å²) in [7, 11) is 1.34. The van der Waals surface area contributed by atoms with Crippen molar-refractivity contribution in [2.45, 2.75) is 25.4 Å². The van der Waals surface area contributed by atoms with E-state index in [9.17, 15) is 14.3 Å². The Morgan fingerprint density at radius 3 is 2.97 bits per heavy atom. The lowest BCUT2D eigenvalue weighted by atomic mass is 9.77. The maximum atomic E-state index is 13.7. The molecule has 4 rings (SSSR count). The monoisotopic (exact) mass is 405 g/mol. The minimum atomic E-state index is -1.19. The Morgan fingerprint density at radius 1 is 1.45 bits per heavy atom. The van der Waals surface area contributed by atoms with Gasteiger partial charge in [0.05, 0.1) is 19.8 Å². The van der Waals surface area contributed by atoms with Crippen molar-refractivity contribution in [2.75, 3.05) is 38.7 Å². The number of halogens is 1. The van der Waals surface area contributed by atoms with Crippen LogP contribution in [0.15, 0.2) is 22.7 Å². The number of hydrogen-bond donors (Lipinski definition) is 3. The molecule has 29 heavy (non-hydrogen) atoms. The van der Waals surface area contributed by atoms with Crippen molar-refractivity contribution in [3.63, 3.8) is 0 Å². The highest BCUT2D eigenvalue weighted by molar-refractivity contribution is 5.99. The summed E-state index contributed by atoms with van der Waals surface area (Å²) >= 11 is 0. The molecular weight excluding hydrogens is 381 g/mol. The minimum Gasteiger partial charge on any atom is -0.494 e. The smallest absolute Gasteiger partial charge is 0.343 e. The van der Waals surface area contributed by atoms with E-state index in [0.717, 1.165) is 39.0 Å². The third-order valence-corrected chi connectivity index (χ3v) is 5.77. The van der Waals surface area contributed by atoms with E-state index in [2.05, 4.69) is 15.8 Å². The van der Waals surface area contributed by atoms with Gasteiger partial charge in [-0.25, -0.2) is 9.18 Å². The van der Waals surface area contributed by atoms with Crippen LogP contribution in [0.1, 0.15) is 29.6 Å². The van der Waals surface area contributed by atoms with E-state index >= 15 is 0 Å². The standard InChI is InChI=1S/C20H24FN3O5/c1-27-15-8-12(2-3-14(15)21)17-16(19(25)26)18(24-29-17)23-10-13-9-20(11-28-13)4-6-22-7-5-20/h2-3,8,13,22H,4-7,9-11H2,1H3,(H,23,24)(H,25,26). The van der Waals surface area contributed by atoms with Crippen LogP contribution in [-0.2, 0) is 4.74 Å². The molecule has 1 aromatic carbocycles. The summed E-state index contributed by atoms with van der Waals surface area (Å²) in [5.74, 6) is -1.56. The van der Waals surface area contributed by atoms with Crippen LogP contribution in [-0.4, -0.2) is 55.7 Å². The number of carbonyl (C=O) groups is 1. The van der Waals surface area contributed by atoms with Gasteiger partial charge in [0.15, 0.2) is 28.7 Å². The maximum Gasteiger partial charge on any atom is 0.343 e. The van der Waals surface area contributed by atoms with Crippen molar-refractivity contribution < 1.29 is 28.3 Å². The first-order chi connectivity index (χ1) is 14.0. The van der Waals surface area contributed by atoms with Gasteiger partial charge < -0.3 is 29.7 Å². The molecule has 8 nitrogen and oxygen atoms in total. The van der Waals surface area contributed by atoms with Crippen LogP contribution in [0, 0.1) is 11.2 Å². The Balaban J connectivity index is 1.50. The second kappa shape index (κ2) is 8.00. The molecule has 2 aromatic rings. The molecule has 2 aliphatic heterocycles. The van der Waals surface area contributed by atoms with E-state index in [1.807, 2.05) is 0 Å². The number of aromatic carboxylic acids is 1. The minimum absolute atomic E-state index is 0.00336. The molecule has 0 aliphatic carbocycles. The first-order valence-electron chi connectivity index (χ1n) is 9.64. The molecule has 2 fully saturated rings. The van der Waals surface area contributed by atoms with E-state index in [1.54, 1.807) is 0 Å². The predicted octanol–water partition coefficient (Wildman–Crippen LogP) is 2.76. The van der Waals surface area contributed by atoms with Crippen LogP contribution in [0.3, 0.4) is 0 Å². The van der Waals surface area contributed by atoms with Gasteiger partial charge in [0.2, 0.25) is 0 Å². The molecule has 0 amide bonds. The van der Waals surface area contributed by atoms with Crippen LogP contribution >= 0.6 is 0 Å². The number of hydrogen-bond acceptors (Lipinski definition) is 7. The number of piperidine rings is 1. The van der Waals surface area contributed by atoms with Crippen LogP contribution < -0.4 is 15.4 Å². The number of nitrogens with zero attached hydrogens (tertiary/aromatic N) is 1. The van der Waals surface area contributed by atoms with Gasteiger partial charge in [-0.2, -0.15) is 0 Å². The first kappa shape index (κ1) is 19.7. The number of benzene rings is 1. The first-order valence-corrected chi connectivity index (χ1v) is 9.64. The Hall–Kier alpha value is -2.65. The molecule has 9 heteroatoms. The SMILES string of the molecule is COc1cc(-c2onc(NCC3CC4(CCNCC4)CO3)c2C(=O)O)ccc1F. The lowest BCUT2D eigenvalue weighted by Crippen LogP contribution is -2.37. The van der Waals surface area contributed by atoms with Gasteiger partial charge >= 0.3 is 5.97 Å². The molecule has 0 radical (unpaired) electrons. The van der Waals surface area contributed by atoms with Crippen molar-refractivity contribution in [2.24, 2.45) is 5.41 Å². The zero-order valence-corrected chi connectivity index (χ0v) is 16.2. The Labute approximate surface area is 167 Å². The number of anilines is 1. The van der Waals surface area contributed by atoms with Gasteiger partial charge in [-0.05, 0) is 56.0 Å². The highest BCUT2D eigenvalue weighted by Gasteiger charge is 2.40. The number of aromatic nitrogens is 1. The molecule has 1 spiro atoms. The number of nitrogens with one attached hydrogen (secondary N) is 2. The third-order valence-electron chi connectivity index (χ3n) is 5.77. The number of ether oxygens (including phenoxy) is 2. The maximum absolute atomic E-state index is 13.7. The number of carboxylic acid groups (broad SMARTS) is 1. The van der Waals surface area contributed by atoms with Gasteiger partial charge in [-0.1, -0.05) is 5.16 Å². The zero-order chi connectivity index (χ0) is 20.4. The lowest BCUT2D eigenvalue weighted by molar-refractivity contribution is 0.0697. The van der Waals surface area contributed by atoms with Crippen molar-refractivity contribution in [1.82, 2.24) is 10.5 Å². The summed E-state index contributed by atoms with van der Waals surface area (Å²) in [5, 5.41) is 20.0. The highest BCUT2D eigenvalue weighted by atomic mass is 19.1. The Kier molecular flexibility index (Phi) is 5.42. The molecule has 1 unspecified atom stereocenters. The van der Waals surface area contributed by atoms with Gasteiger partial charge in [0.1, 0.15) is 0 Å². The van der Waals surface area contributed by atoms with E-state index in [-0.39, 0.29) is 34.4 Å². The Bertz CT molecular complexity index is 894. The normalized spacial score (nSPS) is 20.7. The second-order valence-corrected chi connectivity index (χ2v) is 7.66. The van der Waals surface area contributed by atoms with E-state index in [4.69, 9.17) is 14.0 Å². The summed E-state index contributed by atoms with van der Waals surface area (Å²) in [6.07, 6.45) is 3.10. The molecule has 3 N–H and O–H groups in total. The van der Waals surface area contributed by atoms with E-state index in [1.165, 1.54) is 25.3 Å². The number of carboxylic acids is 1. The summed E-state index contributed by atoms with van der Waals surface area (Å²) in [4.78, 5) is 11.9. The average molecular weight is 405 g/mol. The molecule has 156 valence electrons. The number of methoxy groups -OCH3 is 1. The summed E-state index contributed by atoms with van der Waals surface area (Å²) in [6, 6.07) is 4.00. The molecule has 1 atom stereocenters.